The maximum Gasteiger partial charge on any atom is 0.0534 e. The van der Waals surface area contributed by atoms with Crippen molar-refractivity contribution in [3.63, 3.8) is 0 Å². The smallest absolute Gasteiger partial charge is 0.0534 e. The molecule has 1 saturated carbocycles. The Morgan fingerprint density at radius 2 is 2.11 bits per heavy atom. The lowest BCUT2D eigenvalue weighted by molar-refractivity contribution is 0.170. The minimum atomic E-state index is 0.734. The highest BCUT2D eigenvalue weighted by molar-refractivity contribution is 5.04. The second-order valence-electron chi connectivity index (χ2n) is 5.41. The Morgan fingerprint density at radius 1 is 1.39 bits per heavy atom. The predicted molar refractivity (Wildman–Crippen MR) is 74.5 cm³/mol. The normalized spacial score (nSPS) is 24.7. The number of nitrogens with zero attached hydrogens (tertiary/aromatic N) is 3. The molecule has 1 N–H and O–H groups in total. The van der Waals surface area contributed by atoms with Crippen molar-refractivity contribution in [2.24, 2.45) is 0 Å². The topological polar surface area (TPSA) is 33.1 Å². The van der Waals surface area contributed by atoms with Crippen LogP contribution in [-0.4, -0.2) is 40.9 Å². The van der Waals surface area contributed by atoms with Crippen molar-refractivity contribution in [2.75, 3.05) is 14.1 Å². The van der Waals surface area contributed by atoms with Crippen molar-refractivity contribution < 1.29 is 0 Å². The van der Waals surface area contributed by atoms with Gasteiger partial charge in [-0.3, -0.25) is 9.58 Å². The zero-order chi connectivity index (χ0) is 13.0. The lowest BCUT2D eigenvalue weighted by atomic mass is 9.90. The average Bonchev–Trinajstić information content (AvgIpc) is 2.86. The Hall–Kier alpha value is -0.870. The van der Waals surface area contributed by atoms with Crippen LogP contribution in [0.1, 0.15) is 38.2 Å². The Morgan fingerprint density at radius 3 is 2.67 bits per heavy atom. The summed E-state index contributed by atoms with van der Waals surface area (Å²) in [5, 5.41) is 7.73. The van der Waals surface area contributed by atoms with Crippen LogP contribution in [0.4, 0.5) is 0 Å². The van der Waals surface area contributed by atoms with E-state index in [9.17, 15) is 0 Å². The fraction of sp³-hybridized carbons (Fsp3) is 0.786. The van der Waals surface area contributed by atoms with Gasteiger partial charge in [0.05, 0.1) is 6.20 Å². The summed E-state index contributed by atoms with van der Waals surface area (Å²) in [7, 11) is 4.32. The van der Waals surface area contributed by atoms with Crippen LogP contribution in [0, 0.1) is 0 Å². The van der Waals surface area contributed by atoms with Gasteiger partial charge in [0.15, 0.2) is 0 Å². The van der Waals surface area contributed by atoms with Crippen LogP contribution in [0.15, 0.2) is 12.4 Å². The van der Waals surface area contributed by atoms with Gasteiger partial charge in [0.25, 0.3) is 0 Å². The Labute approximate surface area is 110 Å². The number of aryl methyl sites for hydroxylation is 1. The van der Waals surface area contributed by atoms with Crippen LogP contribution < -0.4 is 5.32 Å². The molecule has 0 spiro atoms. The molecule has 0 atom stereocenters. The summed E-state index contributed by atoms with van der Waals surface area (Å²) in [6.45, 7) is 4.10. The van der Waals surface area contributed by atoms with Gasteiger partial charge in [0.1, 0.15) is 0 Å². The second-order valence-corrected chi connectivity index (χ2v) is 5.41. The number of rotatable bonds is 5. The van der Waals surface area contributed by atoms with Crippen LogP contribution in [-0.2, 0) is 13.1 Å². The summed E-state index contributed by atoms with van der Waals surface area (Å²) in [4.78, 5) is 2.49. The molecular weight excluding hydrogens is 224 g/mol. The molecule has 1 aromatic rings. The molecule has 2 rings (SSSR count). The van der Waals surface area contributed by atoms with E-state index in [-0.39, 0.29) is 0 Å². The molecular formula is C14H26N4. The van der Waals surface area contributed by atoms with Gasteiger partial charge in [0, 0.05) is 36.9 Å². The third-order valence-electron chi connectivity index (χ3n) is 4.17. The van der Waals surface area contributed by atoms with E-state index in [1.165, 1.54) is 31.2 Å². The van der Waals surface area contributed by atoms with E-state index >= 15 is 0 Å². The van der Waals surface area contributed by atoms with E-state index in [0.717, 1.165) is 25.2 Å². The first-order chi connectivity index (χ1) is 8.72. The zero-order valence-corrected chi connectivity index (χ0v) is 11.9. The van der Waals surface area contributed by atoms with Crippen molar-refractivity contribution in [1.29, 1.82) is 0 Å². The van der Waals surface area contributed by atoms with E-state index in [2.05, 4.69) is 42.5 Å². The van der Waals surface area contributed by atoms with E-state index < -0.39 is 0 Å². The van der Waals surface area contributed by atoms with Gasteiger partial charge in [-0.05, 0) is 46.7 Å². The zero-order valence-electron chi connectivity index (χ0n) is 11.9. The minimum absolute atomic E-state index is 0.734. The lowest BCUT2D eigenvalue weighted by Gasteiger charge is -2.34. The highest BCUT2D eigenvalue weighted by atomic mass is 15.3. The molecule has 4 heteroatoms. The first-order valence-electron chi connectivity index (χ1n) is 7.11. The molecule has 1 heterocycles. The van der Waals surface area contributed by atoms with Crippen LogP contribution in [0.2, 0.25) is 0 Å². The minimum Gasteiger partial charge on any atom is -0.317 e. The van der Waals surface area contributed by atoms with Gasteiger partial charge in [-0.25, -0.2) is 0 Å². The van der Waals surface area contributed by atoms with Crippen LogP contribution in [0.25, 0.3) is 0 Å². The van der Waals surface area contributed by atoms with E-state index in [0.29, 0.717) is 0 Å². The highest BCUT2D eigenvalue weighted by Gasteiger charge is 2.23. The van der Waals surface area contributed by atoms with E-state index in [4.69, 9.17) is 0 Å². The molecule has 18 heavy (non-hydrogen) atoms. The molecule has 4 nitrogen and oxygen atoms in total. The molecule has 1 aromatic heterocycles. The monoisotopic (exact) mass is 250 g/mol. The fourth-order valence-electron chi connectivity index (χ4n) is 2.88. The van der Waals surface area contributed by atoms with Crippen molar-refractivity contribution in [3.8, 4) is 0 Å². The van der Waals surface area contributed by atoms with Gasteiger partial charge in [-0.2, -0.15) is 5.10 Å². The van der Waals surface area contributed by atoms with Gasteiger partial charge < -0.3 is 5.32 Å². The van der Waals surface area contributed by atoms with Gasteiger partial charge >= 0.3 is 0 Å². The third-order valence-corrected chi connectivity index (χ3v) is 4.17. The summed E-state index contributed by atoms with van der Waals surface area (Å²) in [5.74, 6) is 0. The summed E-state index contributed by atoms with van der Waals surface area (Å²) < 4.78 is 2.00. The molecule has 0 bridgehead atoms. The molecule has 0 amide bonds. The maximum atomic E-state index is 4.34. The van der Waals surface area contributed by atoms with Crippen molar-refractivity contribution in [3.05, 3.63) is 18.0 Å². The number of nitrogens with one attached hydrogen (secondary N) is 1. The summed E-state index contributed by atoms with van der Waals surface area (Å²) in [5.41, 5.74) is 1.33. The molecule has 0 aliphatic heterocycles. The standard InChI is InChI=1S/C14H26N4/c1-4-18-11-12(9-16-18)10-17(3)14-7-5-13(15-2)6-8-14/h9,11,13-15H,4-8,10H2,1-3H3. The van der Waals surface area contributed by atoms with Gasteiger partial charge in [-0.1, -0.05) is 0 Å². The average molecular weight is 250 g/mol. The van der Waals surface area contributed by atoms with E-state index in [1.54, 1.807) is 0 Å². The van der Waals surface area contributed by atoms with Crippen molar-refractivity contribution in [2.45, 2.75) is 57.8 Å². The number of aromatic nitrogens is 2. The van der Waals surface area contributed by atoms with Gasteiger partial charge in [-0.15, -0.1) is 0 Å². The van der Waals surface area contributed by atoms with Crippen LogP contribution >= 0.6 is 0 Å². The largest absolute Gasteiger partial charge is 0.317 e. The summed E-state index contributed by atoms with van der Waals surface area (Å²) in [6, 6.07) is 1.47. The lowest BCUT2D eigenvalue weighted by Crippen LogP contribution is -2.39. The fourth-order valence-corrected chi connectivity index (χ4v) is 2.88. The van der Waals surface area contributed by atoms with Crippen LogP contribution in [0.5, 0.6) is 0 Å². The molecule has 0 saturated heterocycles. The Kier molecular flexibility index (Phi) is 4.78. The summed E-state index contributed by atoms with van der Waals surface area (Å²) >= 11 is 0. The van der Waals surface area contributed by atoms with Crippen molar-refractivity contribution in [1.82, 2.24) is 20.0 Å². The van der Waals surface area contributed by atoms with Crippen molar-refractivity contribution >= 4 is 0 Å². The number of hydrogen-bond acceptors (Lipinski definition) is 3. The summed E-state index contributed by atoms with van der Waals surface area (Å²) in [6.07, 6.45) is 9.39. The Bertz CT molecular complexity index is 352. The quantitative estimate of drug-likeness (QED) is 0.866. The predicted octanol–water partition coefficient (Wildman–Crippen LogP) is 1.87. The first-order valence-corrected chi connectivity index (χ1v) is 7.11. The number of hydrogen-bond donors (Lipinski definition) is 1. The molecule has 0 unspecified atom stereocenters. The van der Waals surface area contributed by atoms with Crippen LogP contribution in [0.3, 0.4) is 0 Å². The maximum absolute atomic E-state index is 4.34. The second kappa shape index (κ2) is 6.34. The molecule has 0 aromatic carbocycles. The third kappa shape index (κ3) is 3.33. The first kappa shape index (κ1) is 13.6. The Balaban J connectivity index is 1.82. The molecule has 1 aliphatic carbocycles. The molecule has 102 valence electrons. The molecule has 1 aliphatic rings. The highest BCUT2D eigenvalue weighted by Crippen LogP contribution is 2.23. The van der Waals surface area contributed by atoms with E-state index in [1.807, 2.05) is 10.9 Å². The van der Waals surface area contributed by atoms with Gasteiger partial charge in [0.2, 0.25) is 0 Å². The SMILES string of the molecule is CCn1cc(CN(C)C2CCC(NC)CC2)cn1. The molecule has 0 radical (unpaired) electrons. The molecule has 1 fully saturated rings.